The molecule has 3 aliphatic rings. The molecule has 0 unspecified atom stereocenters. The number of amides is 2. The molecule has 0 bridgehead atoms. The second-order valence-electron chi connectivity index (χ2n) is 10.9. The average molecular weight is 526 g/mol. The summed E-state index contributed by atoms with van der Waals surface area (Å²) < 4.78 is 23.4. The van der Waals surface area contributed by atoms with Gasteiger partial charge in [0.2, 0.25) is 5.91 Å². The highest BCUT2D eigenvalue weighted by Crippen LogP contribution is 2.43. The number of carboxylic acid groups (broad SMARTS) is 1. The SMILES string of the molecule is CS(=O)(=O)c1ccc(CN2CCC3(CCN(C[C@H]4CN(C(=O)O)C[C@@H]4c4ccccc4)CC3)C2=O)cc1. The summed E-state index contributed by atoms with van der Waals surface area (Å²) in [5.74, 6) is 0.628. The number of piperidine rings is 1. The molecule has 2 amide bonds. The van der Waals surface area contributed by atoms with Gasteiger partial charge in [0.15, 0.2) is 9.84 Å². The van der Waals surface area contributed by atoms with Crippen LogP contribution in [0.5, 0.6) is 0 Å². The number of sulfone groups is 1. The van der Waals surface area contributed by atoms with Gasteiger partial charge in [0.1, 0.15) is 0 Å². The van der Waals surface area contributed by atoms with Crippen molar-refractivity contribution in [2.45, 2.75) is 36.6 Å². The Kier molecular flexibility index (Phi) is 7.02. The third-order valence-electron chi connectivity index (χ3n) is 8.57. The maximum Gasteiger partial charge on any atom is 0.407 e. The first kappa shape index (κ1) is 25.7. The molecule has 0 aliphatic carbocycles. The second-order valence-corrected chi connectivity index (χ2v) is 13.0. The van der Waals surface area contributed by atoms with E-state index in [0.717, 1.165) is 51.0 Å². The first-order valence-electron chi connectivity index (χ1n) is 13.0. The van der Waals surface area contributed by atoms with Crippen LogP contribution in [0.15, 0.2) is 59.5 Å². The molecule has 2 aromatic carbocycles. The van der Waals surface area contributed by atoms with E-state index in [4.69, 9.17) is 0 Å². The van der Waals surface area contributed by atoms with Crippen molar-refractivity contribution >= 4 is 21.8 Å². The van der Waals surface area contributed by atoms with Gasteiger partial charge in [-0.25, -0.2) is 13.2 Å². The average Bonchev–Trinajstić information content (AvgIpc) is 3.43. The zero-order chi connectivity index (χ0) is 26.2. The van der Waals surface area contributed by atoms with E-state index in [1.54, 1.807) is 24.3 Å². The van der Waals surface area contributed by atoms with Crippen LogP contribution in [0.3, 0.4) is 0 Å². The highest BCUT2D eigenvalue weighted by atomic mass is 32.2. The fourth-order valence-corrected chi connectivity index (χ4v) is 6.99. The van der Waals surface area contributed by atoms with Crippen LogP contribution < -0.4 is 0 Å². The first-order valence-corrected chi connectivity index (χ1v) is 14.9. The minimum Gasteiger partial charge on any atom is -0.465 e. The number of benzene rings is 2. The van der Waals surface area contributed by atoms with Crippen molar-refractivity contribution in [1.82, 2.24) is 14.7 Å². The van der Waals surface area contributed by atoms with Crippen molar-refractivity contribution in [2.24, 2.45) is 11.3 Å². The van der Waals surface area contributed by atoms with Crippen LogP contribution in [0, 0.1) is 11.3 Å². The van der Waals surface area contributed by atoms with Crippen molar-refractivity contribution in [1.29, 1.82) is 0 Å². The fourth-order valence-electron chi connectivity index (χ4n) is 6.36. The van der Waals surface area contributed by atoms with E-state index in [1.807, 2.05) is 23.1 Å². The standard InChI is InChI=1S/C28H35N3O5S/c1-37(35,36)24-9-7-21(8-10-24)17-30-16-13-28(26(30)32)11-14-29(15-12-28)18-23-19-31(27(33)34)20-25(23)22-5-3-2-4-6-22/h2-10,23,25H,11-20H2,1H3,(H,33,34)/t23-,25+/m0/s1. The maximum atomic E-state index is 13.5. The Hall–Kier alpha value is -2.91. The topological polar surface area (TPSA) is 98.2 Å². The van der Waals surface area contributed by atoms with Gasteiger partial charge in [-0.1, -0.05) is 42.5 Å². The highest BCUT2D eigenvalue weighted by molar-refractivity contribution is 7.90. The molecule has 37 heavy (non-hydrogen) atoms. The van der Waals surface area contributed by atoms with Gasteiger partial charge in [-0.3, -0.25) is 4.79 Å². The van der Waals surface area contributed by atoms with Crippen LogP contribution in [-0.2, 0) is 21.2 Å². The van der Waals surface area contributed by atoms with Crippen LogP contribution in [0.1, 0.15) is 36.3 Å². The molecular weight excluding hydrogens is 490 g/mol. The lowest BCUT2D eigenvalue weighted by atomic mass is 9.76. The summed E-state index contributed by atoms with van der Waals surface area (Å²) in [7, 11) is -3.24. The molecule has 0 aromatic heterocycles. The quantitative estimate of drug-likeness (QED) is 0.622. The summed E-state index contributed by atoms with van der Waals surface area (Å²) in [6, 6.07) is 17.0. The fraction of sp³-hybridized carbons (Fsp3) is 0.500. The minimum atomic E-state index is -3.24. The normalized spacial score (nSPS) is 24.2. The molecule has 3 aliphatic heterocycles. The van der Waals surface area contributed by atoms with Gasteiger partial charge in [-0.15, -0.1) is 0 Å². The van der Waals surface area contributed by atoms with Gasteiger partial charge < -0.3 is 19.8 Å². The molecule has 1 spiro atoms. The van der Waals surface area contributed by atoms with Gasteiger partial charge in [-0.2, -0.15) is 0 Å². The Labute approximate surface area is 218 Å². The summed E-state index contributed by atoms with van der Waals surface area (Å²) >= 11 is 0. The summed E-state index contributed by atoms with van der Waals surface area (Å²) in [6.45, 7) is 4.81. The number of carbonyl (C=O) groups is 2. The van der Waals surface area contributed by atoms with Crippen molar-refractivity contribution in [2.75, 3.05) is 45.5 Å². The Morgan fingerprint density at radius 2 is 1.62 bits per heavy atom. The van der Waals surface area contributed by atoms with E-state index >= 15 is 0 Å². The maximum absolute atomic E-state index is 13.5. The van der Waals surface area contributed by atoms with Crippen molar-refractivity contribution in [3.05, 3.63) is 65.7 Å². The summed E-state index contributed by atoms with van der Waals surface area (Å²) in [5.41, 5.74) is 1.81. The van der Waals surface area contributed by atoms with Crippen molar-refractivity contribution < 1.29 is 23.1 Å². The van der Waals surface area contributed by atoms with Crippen molar-refractivity contribution in [3.63, 3.8) is 0 Å². The van der Waals surface area contributed by atoms with Gasteiger partial charge in [0.05, 0.1) is 10.3 Å². The van der Waals surface area contributed by atoms with Crippen molar-refractivity contribution in [3.8, 4) is 0 Å². The van der Waals surface area contributed by atoms with Gasteiger partial charge in [0.25, 0.3) is 0 Å². The molecule has 3 saturated heterocycles. The Balaban J connectivity index is 1.19. The lowest BCUT2D eigenvalue weighted by molar-refractivity contribution is -0.139. The summed E-state index contributed by atoms with van der Waals surface area (Å²) in [4.78, 5) is 31.3. The largest absolute Gasteiger partial charge is 0.465 e. The molecule has 8 nitrogen and oxygen atoms in total. The Morgan fingerprint density at radius 3 is 2.24 bits per heavy atom. The van der Waals surface area contributed by atoms with E-state index < -0.39 is 15.9 Å². The van der Waals surface area contributed by atoms with Crippen LogP contribution in [0.25, 0.3) is 0 Å². The van der Waals surface area contributed by atoms with E-state index in [0.29, 0.717) is 19.6 Å². The van der Waals surface area contributed by atoms with Gasteiger partial charge in [0, 0.05) is 44.9 Å². The smallest absolute Gasteiger partial charge is 0.407 e. The zero-order valence-electron chi connectivity index (χ0n) is 21.3. The van der Waals surface area contributed by atoms with Crippen LogP contribution in [-0.4, -0.2) is 85.7 Å². The summed E-state index contributed by atoms with van der Waals surface area (Å²) in [5, 5.41) is 9.59. The molecule has 2 atom stereocenters. The number of hydrogen-bond acceptors (Lipinski definition) is 5. The van der Waals surface area contributed by atoms with E-state index in [1.165, 1.54) is 16.7 Å². The molecule has 3 heterocycles. The van der Waals surface area contributed by atoms with Crippen LogP contribution in [0.2, 0.25) is 0 Å². The summed E-state index contributed by atoms with van der Waals surface area (Å²) in [6.07, 6.45) is 2.83. The van der Waals surface area contributed by atoms with Crippen LogP contribution >= 0.6 is 0 Å². The number of rotatable bonds is 6. The predicted octanol–water partition coefficient (Wildman–Crippen LogP) is 3.30. The Bertz CT molecular complexity index is 1240. The number of hydrogen-bond donors (Lipinski definition) is 1. The number of likely N-dealkylation sites (tertiary alicyclic amines) is 3. The third-order valence-corrected chi connectivity index (χ3v) is 9.70. The monoisotopic (exact) mass is 525 g/mol. The minimum absolute atomic E-state index is 0.186. The van der Waals surface area contributed by atoms with Crippen LogP contribution in [0.4, 0.5) is 4.79 Å². The van der Waals surface area contributed by atoms with E-state index in [-0.39, 0.29) is 28.1 Å². The third kappa shape index (κ3) is 5.38. The molecule has 2 aromatic rings. The van der Waals surface area contributed by atoms with Gasteiger partial charge >= 0.3 is 6.09 Å². The lowest BCUT2D eigenvalue weighted by Crippen LogP contribution is -2.46. The lowest BCUT2D eigenvalue weighted by Gasteiger charge is -2.39. The Morgan fingerprint density at radius 1 is 0.973 bits per heavy atom. The van der Waals surface area contributed by atoms with E-state index in [9.17, 15) is 23.1 Å². The molecule has 9 heteroatoms. The van der Waals surface area contributed by atoms with E-state index in [2.05, 4.69) is 17.0 Å². The molecule has 5 rings (SSSR count). The first-order chi connectivity index (χ1) is 17.6. The number of carbonyl (C=O) groups excluding carboxylic acids is 1. The molecule has 0 radical (unpaired) electrons. The molecule has 1 N–H and O–H groups in total. The predicted molar refractivity (Wildman–Crippen MR) is 140 cm³/mol. The molecule has 198 valence electrons. The molecule has 3 fully saturated rings. The highest BCUT2D eigenvalue weighted by Gasteiger charge is 2.48. The second kappa shape index (κ2) is 10.1. The molecule has 0 saturated carbocycles. The molecular formula is C28H35N3O5S. The van der Waals surface area contributed by atoms with Gasteiger partial charge in [-0.05, 0) is 61.5 Å². The number of nitrogens with zero attached hydrogens (tertiary/aromatic N) is 3. The zero-order valence-corrected chi connectivity index (χ0v) is 22.1.